The van der Waals surface area contributed by atoms with Crippen LogP contribution in [0.1, 0.15) is 17.3 Å². The van der Waals surface area contributed by atoms with Crippen molar-refractivity contribution in [1.29, 1.82) is 0 Å². The monoisotopic (exact) mass is 277 g/mol. The smallest absolute Gasteiger partial charge is 0.259 e. The lowest BCUT2D eigenvalue weighted by molar-refractivity contribution is 0.102. The molecule has 0 saturated heterocycles. The van der Waals surface area contributed by atoms with E-state index in [1.807, 2.05) is 6.92 Å². The number of aromatic nitrogens is 2. The molecule has 19 heavy (non-hydrogen) atoms. The van der Waals surface area contributed by atoms with Crippen LogP contribution in [0, 0.1) is 5.82 Å². The summed E-state index contributed by atoms with van der Waals surface area (Å²) in [5.74, 6) is 0.0958. The zero-order valence-corrected chi connectivity index (χ0v) is 11.1. The second-order valence-electron chi connectivity index (χ2n) is 3.62. The Balaban J connectivity index is 2.09. The van der Waals surface area contributed by atoms with Crippen LogP contribution in [0.25, 0.3) is 0 Å². The van der Waals surface area contributed by atoms with E-state index in [1.165, 1.54) is 18.2 Å². The SMILES string of the molecule is CCSc1ccc(NC(=O)c2ccccc2F)nn1. The van der Waals surface area contributed by atoms with Gasteiger partial charge >= 0.3 is 0 Å². The Bertz CT molecular complexity index is 574. The third-order valence-electron chi connectivity index (χ3n) is 2.29. The third-order valence-corrected chi connectivity index (χ3v) is 3.09. The highest BCUT2D eigenvalue weighted by atomic mass is 32.2. The maximum Gasteiger partial charge on any atom is 0.259 e. The molecule has 0 radical (unpaired) electrons. The van der Waals surface area contributed by atoms with Gasteiger partial charge in [-0.15, -0.1) is 22.0 Å². The van der Waals surface area contributed by atoms with Crippen molar-refractivity contribution < 1.29 is 9.18 Å². The molecule has 1 aromatic heterocycles. The summed E-state index contributed by atoms with van der Waals surface area (Å²) in [6.07, 6.45) is 0. The minimum Gasteiger partial charge on any atom is -0.305 e. The second-order valence-corrected chi connectivity index (χ2v) is 4.91. The summed E-state index contributed by atoms with van der Waals surface area (Å²) in [4.78, 5) is 11.8. The van der Waals surface area contributed by atoms with E-state index in [2.05, 4.69) is 15.5 Å². The maximum atomic E-state index is 13.4. The molecule has 2 aromatic rings. The van der Waals surface area contributed by atoms with Crippen molar-refractivity contribution in [2.24, 2.45) is 0 Å². The average molecular weight is 277 g/mol. The van der Waals surface area contributed by atoms with Gasteiger partial charge in [0, 0.05) is 0 Å². The van der Waals surface area contributed by atoms with Gasteiger partial charge in [-0.2, -0.15) is 0 Å². The van der Waals surface area contributed by atoms with Gasteiger partial charge in [-0.05, 0) is 30.0 Å². The molecule has 98 valence electrons. The number of benzene rings is 1. The molecule has 1 N–H and O–H groups in total. The van der Waals surface area contributed by atoms with Crippen LogP contribution >= 0.6 is 11.8 Å². The number of rotatable bonds is 4. The van der Waals surface area contributed by atoms with Gasteiger partial charge in [0.2, 0.25) is 0 Å². The van der Waals surface area contributed by atoms with Gasteiger partial charge < -0.3 is 5.32 Å². The van der Waals surface area contributed by atoms with E-state index >= 15 is 0 Å². The number of nitrogens with zero attached hydrogens (tertiary/aromatic N) is 2. The summed E-state index contributed by atoms with van der Waals surface area (Å²) >= 11 is 1.56. The van der Waals surface area contributed by atoms with Gasteiger partial charge in [-0.3, -0.25) is 4.79 Å². The lowest BCUT2D eigenvalue weighted by Gasteiger charge is -2.05. The number of halogens is 1. The molecule has 6 heteroatoms. The van der Waals surface area contributed by atoms with Gasteiger partial charge in [-0.25, -0.2) is 4.39 Å². The van der Waals surface area contributed by atoms with Crippen LogP contribution in [0.2, 0.25) is 0 Å². The summed E-state index contributed by atoms with van der Waals surface area (Å²) in [6.45, 7) is 2.01. The molecule has 0 unspecified atom stereocenters. The minimum atomic E-state index is -0.564. The number of hydrogen-bond donors (Lipinski definition) is 1. The van der Waals surface area contributed by atoms with Crippen molar-refractivity contribution >= 4 is 23.5 Å². The Morgan fingerprint density at radius 1 is 1.26 bits per heavy atom. The first-order valence-electron chi connectivity index (χ1n) is 5.73. The molecule has 0 bridgehead atoms. The number of carbonyl (C=O) groups is 1. The van der Waals surface area contributed by atoms with Crippen LogP contribution < -0.4 is 5.32 Å². The number of amides is 1. The summed E-state index contributed by atoms with van der Waals surface area (Å²) < 4.78 is 13.4. The number of hydrogen-bond acceptors (Lipinski definition) is 4. The Labute approximate surface area is 114 Å². The van der Waals surface area contributed by atoms with Crippen molar-refractivity contribution in [3.05, 3.63) is 47.8 Å². The highest BCUT2D eigenvalue weighted by Crippen LogP contribution is 2.15. The van der Waals surface area contributed by atoms with E-state index in [0.29, 0.717) is 5.82 Å². The van der Waals surface area contributed by atoms with Gasteiger partial charge in [0.1, 0.15) is 10.8 Å². The van der Waals surface area contributed by atoms with E-state index in [9.17, 15) is 9.18 Å². The Morgan fingerprint density at radius 2 is 2.05 bits per heavy atom. The second kappa shape index (κ2) is 6.29. The third kappa shape index (κ3) is 3.51. The zero-order chi connectivity index (χ0) is 13.7. The molecule has 0 saturated carbocycles. The molecule has 2 rings (SSSR count). The van der Waals surface area contributed by atoms with E-state index in [1.54, 1.807) is 30.0 Å². The molecule has 4 nitrogen and oxygen atoms in total. The van der Waals surface area contributed by atoms with Crippen molar-refractivity contribution in [2.75, 3.05) is 11.1 Å². The van der Waals surface area contributed by atoms with E-state index in [0.717, 1.165) is 10.8 Å². The van der Waals surface area contributed by atoms with Gasteiger partial charge in [0.15, 0.2) is 5.82 Å². The molecule has 0 spiro atoms. The van der Waals surface area contributed by atoms with Crippen molar-refractivity contribution in [2.45, 2.75) is 11.9 Å². The normalized spacial score (nSPS) is 10.2. The predicted molar refractivity (Wildman–Crippen MR) is 72.8 cm³/mol. The molecule has 0 aliphatic carbocycles. The van der Waals surface area contributed by atoms with Crippen LogP contribution in [0.3, 0.4) is 0 Å². The number of anilines is 1. The molecule has 1 aromatic carbocycles. The molecule has 1 heterocycles. The highest BCUT2D eigenvalue weighted by molar-refractivity contribution is 7.99. The fourth-order valence-electron chi connectivity index (χ4n) is 1.44. The summed E-state index contributed by atoms with van der Waals surface area (Å²) in [5.41, 5.74) is -0.0173. The first kappa shape index (κ1) is 13.5. The van der Waals surface area contributed by atoms with Crippen molar-refractivity contribution in [3.63, 3.8) is 0 Å². The van der Waals surface area contributed by atoms with Gasteiger partial charge in [-0.1, -0.05) is 19.1 Å². The van der Waals surface area contributed by atoms with Gasteiger partial charge in [0.25, 0.3) is 5.91 Å². The lowest BCUT2D eigenvalue weighted by Crippen LogP contribution is -2.14. The molecule has 1 amide bonds. The highest BCUT2D eigenvalue weighted by Gasteiger charge is 2.11. The Kier molecular flexibility index (Phi) is 4.46. The molecule has 0 fully saturated rings. The van der Waals surface area contributed by atoms with E-state index in [-0.39, 0.29) is 5.56 Å². The predicted octanol–water partition coefficient (Wildman–Crippen LogP) is 2.98. The van der Waals surface area contributed by atoms with E-state index < -0.39 is 11.7 Å². The number of carbonyl (C=O) groups excluding carboxylic acids is 1. The van der Waals surface area contributed by atoms with Gasteiger partial charge in [0.05, 0.1) is 5.56 Å². The number of nitrogens with one attached hydrogen (secondary N) is 1. The van der Waals surface area contributed by atoms with Crippen LogP contribution in [-0.4, -0.2) is 21.9 Å². The first-order chi connectivity index (χ1) is 9.20. The summed E-state index contributed by atoms with van der Waals surface area (Å²) in [6, 6.07) is 9.19. The Hall–Kier alpha value is -1.95. The molecule has 0 aliphatic heterocycles. The average Bonchev–Trinajstić information content (AvgIpc) is 2.42. The molecular weight excluding hydrogens is 265 g/mol. The quantitative estimate of drug-likeness (QED) is 0.873. The maximum absolute atomic E-state index is 13.4. The van der Waals surface area contributed by atoms with Crippen LogP contribution in [0.15, 0.2) is 41.4 Å². The topological polar surface area (TPSA) is 54.9 Å². The molecular formula is C13H12FN3OS. The van der Waals surface area contributed by atoms with Crippen LogP contribution in [-0.2, 0) is 0 Å². The summed E-state index contributed by atoms with van der Waals surface area (Å²) in [5, 5.41) is 11.1. The van der Waals surface area contributed by atoms with Crippen molar-refractivity contribution in [1.82, 2.24) is 10.2 Å². The lowest BCUT2D eigenvalue weighted by atomic mass is 10.2. The Morgan fingerprint density at radius 3 is 2.68 bits per heavy atom. The fourth-order valence-corrected chi connectivity index (χ4v) is 2.00. The standard InChI is InChI=1S/C13H12FN3OS/c1-2-19-12-8-7-11(16-17-12)15-13(18)9-5-3-4-6-10(9)14/h3-8H,2H2,1H3,(H,15,16,18). The first-order valence-corrected chi connectivity index (χ1v) is 6.71. The summed E-state index contributed by atoms with van der Waals surface area (Å²) in [7, 11) is 0. The van der Waals surface area contributed by atoms with Crippen LogP contribution in [0.4, 0.5) is 10.2 Å². The number of thioether (sulfide) groups is 1. The largest absolute Gasteiger partial charge is 0.305 e. The van der Waals surface area contributed by atoms with Crippen molar-refractivity contribution in [3.8, 4) is 0 Å². The fraction of sp³-hybridized carbons (Fsp3) is 0.154. The van der Waals surface area contributed by atoms with Crippen LogP contribution in [0.5, 0.6) is 0 Å². The minimum absolute atomic E-state index is 0.0173. The van der Waals surface area contributed by atoms with E-state index in [4.69, 9.17) is 0 Å². The zero-order valence-electron chi connectivity index (χ0n) is 10.3. The molecule has 0 atom stereocenters. The molecule has 0 aliphatic rings.